The van der Waals surface area contributed by atoms with E-state index in [0.717, 1.165) is 0 Å². The van der Waals surface area contributed by atoms with Gasteiger partial charge in [-0.3, -0.25) is 9.36 Å². The van der Waals surface area contributed by atoms with Crippen molar-refractivity contribution in [1.82, 2.24) is 5.32 Å². The lowest BCUT2D eigenvalue weighted by molar-refractivity contribution is -0.142. The maximum atomic E-state index is 12.2. The van der Waals surface area contributed by atoms with Crippen LogP contribution in [0.3, 0.4) is 0 Å². The largest absolute Gasteiger partial charge is 0.467 e. The Bertz CT molecular complexity index is 620. The van der Waals surface area contributed by atoms with Gasteiger partial charge in [0, 0.05) is 19.8 Å². The maximum Gasteiger partial charge on any atom is 0.334 e. The molecule has 0 aliphatic rings. The van der Waals surface area contributed by atoms with Crippen LogP contribution in [0.15, 0.2) is 36.9 Å². The summed E-state index contributed by atoms with van der Waals surface area (Å²) in [6.07, 6.45) is 1.89. The van der Waals surface area contributed by atoms with E-state index >= 15 is 0 Å². The number of methoxy groups -OCH3 is 1. The van der Waals surface area contributed by atoms with Gasteiger partial charge in [0.25, 0.3) is 5.91 Å². The first-order chi connectivity index (χ1) is 11.4. The number of hydrogen-bond donors (Lipinski definition) is 1. The van der Waals surface area contributed by atoms with Crippen molar-refractivity contribution in [3.63, 3.8) is 0 Å². The van der Waals surface area contributed by atoms with E-state index in [-0.39, 0.29) is 12.6 Å². The van der Waals surface area contributed by atoms with Gasteiger partial charge in [-0.15, -0.1) is 6.58 Å². The smallest absolute Gasteiger partial charge is 0.334 e. The van der Waals surface area contributed by atoms with Crippen molar-refractivity contribution in [1.29, 1.82) is 0 Å². The SMILES string of the molecule is C=CC[C@@H](NC(=O)c1ccc(CP(=O)(OC)OC)cc1)C(=O)OC. The van der Waals surface area contributed by atoms with Gasteiger partial charge in [0.2, 0.25) is 0 Å². The second-order valence-electron chi connectivity index (χ2n) is 4.90. The van der Waals surface area contributed by atoms with Crippen molar-refractivity contribution >= 4 is 19.5 Å². The quantitative estimate of drug-likeness (QED) is 0.416. The van der Waals surface area contributed by atoms with Gasteiger partial charge in [0.1, 0.15) is 6.04 Å². The molecule has 8 heteroatoms. The lowest BCUT2D eigenvalue weighted by atomic mass is 10.1. The van der Waals surface area contributed by atoms with Crippen molar-refractivity contribution in [3.8, 4) is 0 Å². The van der Waals surface area contributed by atoms with Crippen LogP contribution in [0.1, 0.15) is 22.3 Å². The van der Waals surface area contributed by atoms with E-state index in [1.807, 2.05) is 0 Å². The summed E-state index contributed by atoms with van der Waals surface area (Å²) in [5.74, 6) is -0.957. The number of carbonyl (C=O) groups is 2. The number of esters is 1. The molecule has 0 aromatic heterocycles. The van der Waals surface area contributed by atoms with E-state index in [0.29, 0.717) is 11.1 Å². The Labute approximate surface area is 141 Å². The summed E-state index contributed by atoms with van der Waals surface area (Å²) in [5, 5.41) is 2.59. The summed E-state index contributed by atoms with van der Waals surface area (Å²) in [5.41, 5.74) is 1.07. The van der Waals surface area contributed by atoms with Crippen molar-refractivity contribution in [2.75, 3.05) is 21.3 Å². The van der Waals surface area contributed by atoms with Gasteiger partial charge in [0.15, 0.2) is 0 Å². The predicted molar refractivity (Wildman–Crippen MR) is 89.9 cm³/mol. The average Bonchev–Trinajstić information content (AvgIpc) is 2.61. The molecule has 0 saturated heterocycles. The summed E-state index contributed by atoms with van der Waals surface area (Å²) in [7, 11) is 0.726. The number of hydrogen-bond acceptors (Lipinski definition) is 6. The van der Waals surface area contributed by atoms with E-state index in [1.165, 1.54) is 27.4 Å². The molecular formula is C16H22NO6P. The number of nitrogens with one attached hydrogen (secondary N) is 1. The van der Waals surface area contributed by atoms with Crippen LogP contribution in [-0.4, -0.2) is 39.2 Å². The highest BCUT2D eigenvalue weighted by Crippen LogP contribution is 2.49. The molecule has 1 rings (SSSR count). The number of ether oxygens (including phenoxy) is 1. The first-order valence-electron chi connectivity index (χ1n) is 7.18. The minimum atomic E-state index is -3.16. The first-order valence-corrected chi connectivity index (χ1v) is 8.91. The summed E-state index contributed by atoms with van der Waals surface area (Å²) >= 11 is 0. The van der Waals surface area contributed by atoms with Gasteiger partial charge in [-0.2, -0.15) is 0 Å². The minimum absolute atomic E-state index is 0.100. The Morgan fingerprint density at radius 1 is 1.21 bits per heavy atom. The summed E-state index contributed by atoms with van der Waals surface area (Å²) in [4.78, 5) is 23.8. The monoisotopic (exact) mass is 355 g/mol. The zero-order valence-electron chi connectivity index (χ0n) is 14.0. The van der Waals surface area contributed by atoms with Crippen LogP contribution in [0.2, 0.25) is 0 Å². The van der Waals surface area contributed by atoms with Crippen LogP contribution >= 0.6 is 7.60 Å². The summed E-state index contributed by atoms with van der Waals surface area (Å²) in [6, 6.07) is 5.66. The van der Waals surface area contributed by atoms with E-state index in [9.17, 15) is 14.2 Å². The van der Waals surface area contributed by atoms with Crippen molar-refractivity contribution in [2.24, 2.45) is 0 Å². The number of amides is 1. The van der Waals surface area contributed by atoms with E-state index < -0.39 is 25.5 Å². The second kappa shape index (κ2) is 9.37. The molecular weight excluding hydrogens is 333 g/mol. The van der Waals surface area contributed by atoms with E-state index in [1.54, 1.807) is 24.3 Å². The third-order valence-corrected chi connectivity index (χ3v) is 5.21. The molecule has 0 heterocycles. The minimum Gasteiger partial charge on any atom is -0.467 e. The first kappa shape index (κ1) is 20.1. The zero-order chi connectivity index (χ0) is 18.2. The molecule has 0 aliphatic carbocycles. The number of benzene rings is 1. The van der Waals surface area contributed by atoms with Crippen LogP contribution in [-0.2, 0) is 29.3 Å². The van der Waals surface area contributed by atoms with Crippen LogP contribution in [0, 0.1) is 0 Å². The Kier molecular flexibility index (Phi) is 7.85. The molecule has 1 atom stereocenters. The Morgan fingerprint density at radius 3 is 2.25 bits per heavy atom. The lowest BCUT2D eigenvalue weighted by Gasteiger charge is -2.15. The highest BCUT2D eigenvalue weighted by molar-refractivity contribution is 7.52. The Balaban J connectivity index is 2.81. The van der Waals surface area contributed by atoms with Gasteiger partial charge in [-0.25, -0.2) is 4.79 Å². The summed E-state index contributed by atoms with van der Waals surface area (Å²) in [6.45, 7) is 3.55. The molecule has 1 N–H and O–H groups in total. The van der Waals surface area contributed by atoms with Crippen molar-refractivity contribution in [3.05, 3.63) is 48.0 Å². The molecule has 0 radical (unpaired) electrons. The standard InChI is InChI=1S/C16H22NO6P/c1-5-6-14(16(19)21-2)17-15(18)13-9-7-12(8-10-13)11-24(20,22-3)23-4/h5,7-10,14H,1,6,11H2,2-4H3,(H,17,18)/t14-/m1/s1. The molecule has 0 bridgehead atoms. The van der Waals surface area contributed by atoms with Gasteiger partial charge >= 0.3 is 13.6 Å². The topological polar surface area (TPSA) is 90.9 Å². The van der Waals surface area contributed by atoms with Gasteiger partial charge in [-0.05, 0) is 24.1 Å². The molecule has 0 unspecified atom stereocenters. The highest BCUT2D eigenvalue weighted by atomic mass is 31.2. The molecule has 1 amide bonds. The van der Waals surface area contributed by atoms with Crippen LogP contribution in [0.5, 0.6) is 0 Å². The number of rotatable bonds is 9. The summed E-state index contributed by atoms with van der Waals surface area (Å²) < 4.78 is 26.5. The van der Waals surface area contributed by atoms with Crippen LogP contribution in [0.25, 0.3) is 0 Å². The molecule has 0 fully saturated rings. The molecule has 0 spiro atoms. The fourth-order valence-corrected chi connectivity index (χ4v) is 3.02. The lowest BCUT2D eigenvalue weighted by Crippen LogP contribution is -2.41. The fourth-order valence-electron chi connectivity index (χ4n) is 1.95. The zero-order valence-corrected chi connectivity index (χ0v) is 14.9. The third-order valence-electron chi connectivity index (χ3n) is 3.34. The molecule has 1 aromatic rings. The predicted octanol–water partition coefficient (Wildman–Crippen LogP) is 2.52. The number of carbonyl (C=O) groups excluding carboxylic acids is 2. The highest BCUT2D eigenvalue weighted by Gasteiger charge is 2.23. The molecule has 0 aliphatic heterocycles. The van der Waals surface area contributed by atoms with Gasteiger partial charge in [0.05, 0.1) is 13.3 Å². The van der Waals surface area contributed by atoms with E-state index in [4.69, 9.17) is 9.05 Å². The van der Waals surface area contributed by atoms with Crippen LogP contribution < -0.4 is 5.32 Å². The molecule has 0 saturated carbocycles. The van der Waals surface area contributed by atoms with Crippen molar-refractivity contribution in [2.45, 2.75) is 18.6 Å². The molecule has 7 nitrogen and oxygen atoms in total. The maximum absolute atomic E-state index is 12.2. The normalized spacial score (nSPS) is 12.3. The van der Waals surface area contributed by atoms with Gasteiger partial charge in [-0.1, -0.05) is 18.2 Å². The van der Waals surface area contributed by atoms with Crippen LogP contribution in [0.4, 0.5) is 0 Å². The fraction of sp³-hybridized carbons (Fsp3) is 0.375. The van der Waals surface area contributed by atoms with Gasteiger partial charge < -0.3 is 19.1 Å². The third kappa shape index (κ3) is 5.60. The van der Waals surface area contributed by atoms with E-state index in [2.05, 4.69) is 16.6 Å². The second-order valence-corrected chi connectivity index (χ2v) is 7.17. The molecule has 24 heavy (non-hydrogen) atoms. The molecule has 1 aromatic carbocycles. The molecule has 132 valence electrons. The average molecular weight is 355 g/mol. The van der Waals surface area contributed by atoms with Crippen molar-refractivity contribution < 1.29 is 27.9 Å². The Morgan fingerprint density at radius 2 is 1.79 bits per heavy atom. The Hall–Kier alpha value is -1.95.